The molecule has 0 spiro atoms. The molecular weight excluding hydrogens is 242 g/mol. The van der Waals surface area contributed by atoms with Gasteiger partial charge in [0.1, 0.15) is 12.3 Å². The molecule has 2 rings (SSSR count). The number of hydrogen-bond donors (Lipinski definition) is 1. The van der Waals surface area contributed by atoms with E-state index in [2.05, 4.69) is 7.05 Å². The number of likely N-dealkylation sites (N-methyl/N-ethyl adjacent to an activating group) is 1. The maximum atomic E-state index is 11.7. The van der Waals surface area contributed by atoms with Gasteiger partial charge >= 0.3 is 5.97 Å². The van der Waals surface area contributed by atoms with Crippen molar-refractivity contribution in [1.82, 2.24) is 0 Å². The fraction of sp³-hybridized carbons (Fsp3) is 0.533. The second-order valence-corrected chi connectivity index (χ2v) is 5.22. The average molecular weight is 264 g/mol. The molecule has 0 radical (unpaired) electrons. The number of piperidine rings is 1. The Hall–Kier alpha value is -1.55. The molecule has 0 amide bonds. The van der Waals surface area contributed by atoms with Gasteiger partial charge in [-0.05, 0) is 25.0 Å². The normalized spacial score (nSPS) is 22.8. The summed E-state index contributed by atoms with van der Waals surface area (Å²) in [5.74, 6) is 0.466. The predicted octanol–water partition coefficient (Wildman–Crippen LogP) is 0.594. The van der Waals surface area contributed by atoms with Gasteiger partial charge in [0.15, 0.2) is 12.7 Å². The van der Waals surface area contributed by atoms with E-state index in [1.165, 1.54) is 4.90 Å². The molecule has 4 heteroatoms. The molecule has 0 aromatic heterocycles. The smallest absolute Gasteiger partial charge is 0.344 e. The van der Waals surface area contributed by atoms with Crippen molar-refractivity contribution in [3.05, 3.63) is 29.8 Å². The summed E-state index contributed by atoms with van der Waals surface area (Å²) in [5, 5.41) is 0. The third kappa shape index (κ3) is 4.24. The van der Waals surface area contributed by atoms with Crippen LogP contribution in [-0.4, -0.2) is 38.8 Å². The maximum Gasteiger partial charge on any atom is 0.344 e. The Kier molecular flexibility index (Phi) is 4.80. The quantitative estimate of drug-likeness (QED) is 0.809. The second kappa shape index (κ2) is 6.57. The fourth-order valence-electron chi connectivity index (χ4n) is 2.40. The van der Waals surface area contributed by atoms with Crippen LogP contribution in [0, 0.1) is 6.92 Å². The Morgan fingerprint density at radius 2 is 2.21 bits per heavy atom. The Morgan fingerprint density at radius 1 is 1.42 bits per heavy atom. The molecule has 1 saturated heterocycles. The molecule has 1 aromatic rings. The van der Waals surface area contributed by atoms with E-state index in [9.17, 15) is 4.79 Å². The summed E-state index contributed by atoms with van der Waals surface area (Å²) in [7, 11) is 2.13. The van der Waals surface area contributed by atoms with E-state index in [4.69, 9.17) is 9.47 Å². The highest BCUT2D eigenvalue weighted by molar-refractivity contribution is 5.71. The van der Waals surface area contributed by atoms with Crippen molar-refractivity contribution in [2.24, 2.45) is 0 Å². The van der Waals surface area contributed by atoms with Gasteiger partial charge in [0.05, 0.1) is 13.6 Å². The maximum absolute atomic E-state index is 11.7. The number of rotatable bonds is 4. The van der Waals surface area contributed by atoms with E-state index in [1.54, 1.807) is 0 Å². The van der Waals surface area contributed by atoms with Crippen LogP contribution in [0.25, 0.3) is 0 Å². The third-order valence-corrected chi connectivity index (χ3v) is 3.44. The summed E-state index contributed by atoms with van der Waals surface area (Å²) in [6.45, 7) is 4.00. The minimum absolute atomic E-state index is 0.0135. The number of likely N-dealkylation sites (tertiary alicyclic amines) is 1. The van der Waals surface area contributed by atoms with Crippen LogP contribution >= 0.6 is 0 Å². The van der Waals surface area contributed by atoms with Gasteiger partial charge in [-0.15, -0.1) is 0 Å². The van der Waals surface area contributed by atoms with Gasteiger partial charge in [0.25, 0.3) is 0 Å². The Balaban J connectivity index is 1.77. The lowest BCUT2D eigenvalue weighted by Crippen LogP contribution is -3.11. The van der Waals surface area contributed by atoms with Gasteiger partial charge in [0.2, 0.25) is 0 Å². The zero-order chi connectivity index (χ0) is 13.7. The topological polar surface area (TPSA) is 40.0 Å². The molecule has 0 bridgehead atoms. The first-order valence-electron chi connectivity index (χ1n) is 6.84. The number of aryl methyl sites for hydroxylation is 1. The van der Waals surface area contributed by atoms with Gasteiger partial charge in [-0.2, -0.15) is 0 Å². The number of nitrogens with one attached hydrogen (secondary N) is 1. The van der Waals surface area contributed by atoms with Crippen molar-refractivity contribution >= 4 is 5.97 Å². The highest BCUT2D eigenvalue weighted by atomic mass is 16.6. The number of para-hydroxylation sites is 1. The van der Waals surface area contributed by atoms with Gasteiger partial charge in [-0.3, -0.25) is 0 Å². The number of ether oxygens (including phenoxy) is 2. The molecule has 1 unspecified atom stereocenters. The Morgan fingerprint density at radius 3 is 2.95 bits per heavy atom. The third-order valence-electron chi connectivity index (χ3n) is 3.44. The summed E-state index contributed by atoms with van der Waals surface area (Å²) in [4.78, 5) is 13.2. The first-order valence-corrected chi connectivity index (χ1v) is 6.84. The molecule has 1 aliphatic heterocycles. The highest BCUT2D eigenvalue weighted by Gasteiger charge is 2.23. The van der Waals surface area contributed by atoms with Crippen LogP contribution in [0.5, 0.6) is 5.75 Å². The van der Waals surface area contributed by atoms with Gasteiger partial charge in [-0.25, -0.2) is 4.79 Å². The first kappa shape index (κ1) is 13.9. The van der Waals surface area contributed by atoms with Crippen LogP contribution in [0.15, 0.2) is 24.3 Å². The van der Waals surface area contributed by atoms with Crippen molar-refractivity contribution in [1.29, 1.82) is 0 Å². The van der Waals surface area contributed by atoms with Crippen LogP contribution in [0.2, 0.25) is 0 Å². The molecule has 4 nitrogen and oxygen atoms in total. The molecule has 1 aromatic carbocycles. The summed E-state index contributed by atoms with van der Waals surface area (Å²) in [5.41, 5.74) is 1.03. The SMILES string of the molecule is Cc1ccccc1OCC(=O)O[C@H]1CCC[NH+](C)C1. The molecule has 1 N–H and O–H groups in total. The van der Waals surface area contributed by atoms with Crippen molar-refractivity contribution in [3.63, 3.8) is 0 Å². The Labute approximate surface area is 114 Å². The first-order chi connectivity index (χ1) is 9.15. The van der Waals surface area contributed by atoms with Crippen molar-refractivity contribution in [2.75, 3.05) is 26.7 Å². The summed E-state index contributed by atoms with van der Waals surface area (Å²) in [6.07, 6.45) is 2.12. The lowest BCUT2D eigenvalue weighted by atomic mass is 10.1. The summed E-state index contributed by atoms with van der Waals surface area (Å²) < 4.78 is 10.9. The monoisotopic (exact) mass is 264 g/mol. The van der Waals surface area contributed by atoms with Crippen molar-refractivity contribution < 1.29 is 19.2 Å². The molecule has 19 heavy (non-hydrogen) atoms. The lowest BCUT2D eigenvalue weighted by Gasteiger charge is -2.26. The summed E-state index contributed by atoms with van der Waals surface area (Å²) in [6, 6.07) is 7.66. The van der Waals surface area contributed by atoms with Crippen molar-refractivity contribution in [2.45, 2.75) is 25.9 Å². The standard InChI is InChI=1S/C15H21NO3/c1-12-6-3-4-8-14(12)18-11-15(17)19-13-7-5-9-16(2)10-13/h3-4,6,8,13H,5,7,9-11H2,1-2H3/p+1/t13-/m0/s1. The number of benzene rings is 1. The molecule has 1 heterocycles. The molecule has 0 saturated carbocycles. The predicted molar refractivity (Wildman–Crippen MR) is 72.4 cm³/mol. The van der Waals surface area contributed by atoms with Crippen LogP contribution in [-0.2, 0) is 9.53 Å². The number of carbonyl (C=O) groups is 1. The zero-order valence-corrected chi connectivity index (χ0v) is 11.6. The molecule has 104 valence electrons. The minimum atomic E-state index is -0.275. The molecule has 1 aliphatic rings. The lowest BCUT2D eigenvalue weighted by molar-refractivity contribution is -0.888. The number of carbonyl (C=O) groups excluding carboxylic acids is 1. The summed E-state index contributed by atoms with van der Waals surface area (Å²) >= 11 is 0. The highest BCUT2D eigenvalue weighted by Crippen LogP contribution is 2.16. The Bertz CT molecular complexity index is 433. The van der Waals surface area contributed by atoms with Crippen LogP contribution in [0.1, 0.15) is 18.4 Å². The van der Waals surface area contributed by atoms with Crippen LogP contribution < -0.4 is 9.64 Å². The number of quaternary nitrogens is 1. The van der Waals surface area contributed by atoms with Gasteiger partial charge in [0, 0.05) is 6.42 Å². The minimum Gasteiger partial charge on any atom is -0.482 e. The molecular formula is C15H22NO3+. The van der Waals surface area contributed by atoms with E-state index in [0.717, 1.165) is 37.2 Å². The fourth-order valence-corrected chi connectivity index (χ4v) is 2.40. The zero-order valence-electron chi connectivity index (χ0n) is 11.6. The molecule has 2 atom stereocenters. The van der Waals surface area contributed by atoms with E-state index in [1.807, 2.05) is 31.2 Å². The van der Waals surface area contributed by atoms with Gasteiger partial charge < -0.3 is 14.4 Å². The van der Waals surface area contributed by atoms with E-state index < -0.39 is 0 Å². The molecule has 0 aliphatic carbocycles. The average Bonchev–Trinajstić information content (AvgIpc) is 2.38. The largest absolute Gasteiger partial charge is 0.482 e. The number of esters is 1. The molecule has 1 fully saturated rings. The van der Waals surface area contributed by atoms with E-state index in [-0.39, 0.29) is 18.7 Å². The van der Waals surface area contributed by atoms with E-state index >= 15 is 0 Å². The van der Waals surface area contributed by atoms with Crippen molar-refractivity contribution in [3.8, 4) is 5.75 Å². The van der Waals surface area contributed by atoms with E-state index in [0.29, 0.717) is 0 Å². The van der Waals surface area contributed by atoms with Gasteiger partial charge in [-0.1, -0.05) is 18.2 Å². The second-order valence-electron chi connectivity index (χ2n) is 5.22. The van der Waals surface area contributed by atoms with Crippen LogP contribution in [0.3, 0.4) is 0 Å². The van der Waals surface area contributed by atoms with Crippen LogP contribution in [0.4, 0.5) is 0 Å². The number of hydrogen-bond acceptors (Lipinski definition) is 3.